The third-order valence-corrected chi connectivity index (χ3v) is 2.82. The fourth-order valence-electron chi connectivity index (χ4n) is 1.83. The molecule has 0 amide bonds. The number of aliphatic carboxylic acids is 1. The third-order valence-electron chi connectivity index (χ3n) is 2.82. The Hall–Kier alpha value is -0.790. The van der Waals surface area contributed by atoms with E-state index >= 15 is 0 Å². The van der Waals surface area contributed by atoms with Crippen molar-refractivity contribution in [3.05, 3.63) is 11.6 Å². The Morgan fingerprint density at radius 3 is 2.92 bits per heavy atom. The molecule has 13 heavy (non-hydrogen) atoms. The van der Waals surface area contributed by atoms with Crippen LogP contribution >= 0.6 is 0 Å². The molecule has 2 nitrogen and oxygen atoms in total. The molecule has 1 N–H and O–H groups in total. The van der Waals surface area contributed by atoms with Crippen molar-refractivity contribution in [3.63, 3.8) is 0 Å². The van der Waals surface area contributed by atoms with Crippen molar-refractivity contribution in [2.24, 2.45) is 11.8 Å². The molecule has 0 aromatic carbocycles. The molecule has 2 atom stereocenters. The van der Waals surface area contributed by atoms with Gasteiger partial charge in [0.05, 0.1) is 6.42 Å². The van der Waals surface area contributed by atoms with Crippen LogP contribution in [0.4, 0.5) is 0 Å². The second kappa shape index (κ2) is 4.45. The Morgan fingerprint density at radius 1 is 1.77 bits per heavy atom. The van der Waals surface area contributed by atoms with Crippen LogP contribution in [0.15, 0.2) is 11.6 Å². The van der Waals surface area contributed by atoms with Gasteiger partial charge in [-0.25, -0.2) is 0 Å². The summed E-state index contributed by atoms with van der Waals surface area (Å²) in [5, 5.41) is 8.64. The van der Waals surface area contributed by atoms with Gasteiger partial charge in [-0.2, -0.15) is 0 Å². The van der Waals surface area contributed by atoms with Crippen LogP contribution < -0.4 is 0 Å². The molecule has 1 rings (SSSR count). The molecule has 1 aliphatic carbocycles. The second-order valence-corrected chi connectivity index (χ2v) is 4.16. The van der Waals surface area contributed by atoms with Crippen LogP contribution in [0.1, 0.15) is 39.5 Å². The van der Waals surface area contributed by atoms with Gasteiger partial charge in [0.2, 0.25) is 0 Å². The molecule has 0 fully saturated rings. The highest BCUT2D eigenvalue weighted by atomic mass is 16.4. The van der Waals surface area contributed by atoms with Crippen molar-refractivity contribution >= 4 is 5.97 Å². The van der Waals surface area contributed by atoms with Gasteiger partial charge in [0.25, 0.3) is 0 Å². The fraction of sp³-hybridized carbons (Fsp3) is 0.727. The smallest absolute Gasteiger partial charge is 0.303 e. The van der Waals surface area contributed by atoms with Crippen LogP contribution in [0.5, 0.6) is 0 Å². The van der Waals surface area contributed by atoms with E-state index in [0.29, 0.717) is 0 Å². The van der Waals surface area contributed by atoms with Crippen LogP contribution in [-0.2, 0) is 4.79 Å². The number of carbonyl (C=O) groups is 1. The van der Waals surface area contributed by atoms with Gasteiger partial charge in [-0.15, -0.1) is 0 Å². The molecule has 0 aromatic rings. The lowest BCUT2D eigenvalue weighted by Crippen LogP contribution is -2.11. The summed E-state index contributed by atoms with van der Waals surface area (Å²) in [6, 6.07) is 0. The predicted molar refractivity (Wildman–Crippen MR) is 52.5 cm³/mol. The maximum absolute atomic E-state index is 10.5. The van der Waals surface area contributed by atoms with Gasteiger partial charge in [-0.1, -0.05) is 25.5 Å². The molecule has 2 heteroatoms. The highest BCUT2D eigenvalue weighted by Crippen LogP contribution is 2.29. The Labute approximate surface area is 79.6 Å². The van der Waals surface area contributed by atoms with Gasteiger partial charge < -0.3 is 5.11 Å². The summed E-state index contributed by atoms with van der Waals surface area (Å²) >= 11 is 0. The SMILES string of the molecule is CC(CC(=O)O)C1=CC[C@H](C)CC1. The molecule has 0 aromatic heterocycles. The van der Waals surface area contributed by atoms with E-state index in [1.165, 1.54) is 12.0 Å². The number of hydrogen-bond donors (Lipinski definition) is 1. The average molecular weight is 182 g/mol. The number of carboxylic acid groups (broad SMARTS) is 1. The van der Waals surface area contributed by atoms with E-state index in [-0.39, 0.29) is 12.3 Å². The Kier molecular flexibility index (Phi) is 3.52. The van der Waals surface area contributed by atoms with Gasteiger partial charge in [0.1, 0.15) is 0 Å². The van der Waals surface area contributed by atoms with E-state index in [2.05, 4.69) is 13.0 Å². The molecular weight excluding hydrogens is 164 g/mol. The fourth-order valence-corrected chi connectivity index (χ4v) is 1.83. The van der Waals surface area contributed by atoms with E-state index < -0.39 is 5.97 Å². The maximum Gasteiger partial charge on any atom is 0.303 e. The first-order valence-corrected chi connectivity index (χ1v) is 5.00. The molecule has 1 aliphatic rings. The standard InChI is InChI=1S/C11H18O2/c1-8-3-5-10(6-4-8)9(2)7-11(12)13/h5,8-9H,3-4,6-7H2,1-2H3,(H,12,13)/t8-,9?/m0/s1. The lowest BCUT2D eigenvalue weighted by molar-refractivity contribution is -0.137. The Morgan fingerprint density at radius 2 is 2.46 bits per heavy atom. The highest BCUT2D eigenvalue weighted by Gasteiger charge is 2.16. The largest absolute Gasteiger partial charge is 0.481 e. The summed E-state index contributed by atoms with van der Waals surface area (Å²) in [4.78, 5) is 10.5. The van der Waals surface area contributed by atoms with Crippen LogP contribution in [0.3, 0.4) is 0 Å². The Bertz CT molecular complexity index is 218. The summed E-state index contributed by atoms with van der Waals surface area (Å²) in [7, 11) is 0. The minimum absolute atomic E-state index is 0.227. The lowest BCUT2D eigenvalue weighted by Gasteiger charge is -2.21. The van der Waals surface area contributed by atoms with Crippen LogP contribution in [0, 0.1) is 11.8 Å². The molecule has 0 saturated heterocycles. The van der Waals surface area contributed by atoms with E-state index in [4.69, 9.17) is 5.11 Å². The first-order chi connectivity index (χ1) is 6.09. The summed E-state index contributed by atoms with van der Waals surface area (Å²) in [6.45, 7) is 4.26. The minimum atomic E-state index is -0.688. The molecule has 1 unspecified atom stereocenters. The summed E-state index contributed by atoms with van der Waals surface area (Å²) in [5.74, 6) is 0.317. The first-order valence-electron chi connectivity index (χ1n) is 5.00. The summed E-state index contributed by atoms with van der Waals surface area (Å²) in [5.41, 5.74) is 1.35. The Balaban J connectivity index is 2.47. The predicted octanol–water partition coefficient (Wildman–Crippen LogP) is 2.84. The van der Waals surface area contributed by atoms with Gasteiger partial charge in [-0.05, 0) is 31.1 Å². The first kappa shape index (κ1) is 10.3. The van der Waals surface area contributed by atoms with Crippen molar-refractivity contribution < 1.29 is 9.90 Å². The summed E-state index contributed by atoms with van der Waals surface area (Å²) in [6.07, 6.45) is 5.95. The normalized spacial score (nSPS) is 25.1. The van der Waals surface area contributed by atoms with Gasteiger partial charge in [0, 0.05) is 0 Å². The van der Waals surface area contributed by atoms with E-state index in [1.54, 1.807) is 0 Å². The van der Waals surface area contributed by atoms with Gasteiger partial charge in [0.15, 0.2) is 0 Å². The molecule has 0 radical (unpaired) electrons. The summed E-state index contributed by atoms with van der Waals surface area (Å²) < 4.78 is 0. The minimum Gasteiger partial charge on any atom is -0.481 e. The van der Waals surface area contributed by atoms with E-state index in [1.807, 2.05) is 6.92 Å². The topological polar surface area (TPSA) is 37.3 Å². The zero-order chi connectivity index (χ0) is 9.84. The number of allylic oxidation sites excluding steroid dienone is 2. The molecule has 0 spiro atoms. The van der Waals surface area contributed by atoms with Crippen LogP contribution in [0.2, 0.25) is 0 Å². The second-order valence-electron chi connectivity index (χ2n) is 4.16. The average Bonchev–Trinajstić information content (AvgIpc) is 2.04. The number of hydrogen-bond acceptors (Lipinski definition) is 1. The number of carboxylic acids is 1. The molecule has 0 heterocycles. The van der Waals surface area contributed by atoms with Crippen molar-refractivity contribution in [2.75, 3.05) is 0 Å². The quantitative estimate of drug-likeness (QED) is 0.681. The lowest BCUT2D eigenvalue weighted by atomic mass is 9.84. The van der Waals surface area contributed by atoms with Crippen molar-refractivity contribution in [1.82, 2.24) is 0 Å². The molecule has 0 aliphatic heterocycles. The highest BCUT2D eigenvalue weighted by molar-refractivity contribution is 5.67. The monoisotopic (exact) mass is 182 g/mol. The van der Waals surface area contributed by atoms with Crippen molar-refractivity contribution in [2.45, 2.75) is 39.5 Å². The maximum atomic E-state index is 10.5. The zero-order valence-corrected chi connectivity index (χ0v) is 8.42. The molecule has 0 saturated carbocycles. The van der Waals surface area contributed by atoms with Gasteiger partial charge in [-0.3, -0.25) is 4.79 Å². The molecule has 0 bridgehead atoms. The van der Waals surface area contributed by atoms with Gasteiger partial charge >= 0.3 is 5.97 Å². The van der Waals surface area contributed by atoms with Crippen molar-refractivity contribution in [3.8, 4) is 0 Å². The van der Waals surface area contributed by atoms with E-state index in [9.17, 15) is 4.79 Å². The van der Waals surface area contributed by atoms with Crippen molar-refractivity contribution in [1.29, 1.82) is 0 Å². The third kappa shape index (κ3) is 3.21. The van der Waals surface area contributed by atoms with E-state index in [0.717, 1.165) is 18.8 Å². The van der Waals surface area contributed by atoms with Crippen LogP contribution in [-0.4, -0.2) is 11.1 Å². The number of rotatable bonds is 3. The molecular formula is C11H18O2. The molecule has 74 valence electrons. The zero-order valence-electron chi connectivity index (χ0n) is 8.42. The van der Waals surface area contributed by atoms with Crippen LogP contribution in [0.25, 0.3) is 0 Å².